The largest absolute Gasteiger partial charge is 0.481 e. The molecule has 141 heavy (non-hydrogen) atoms. The zero-order valence-corrected chi connectivity index (χ0v) is 76.4. The summed E-state index contributed by atoms with van der Waals surface area (Å²) in [4.78, 5) is 334. The fourth-order valence-corrected chi connectivity index (χ4v) is 13.7. The highest BCUT2D eigenvalue weighted by Gasteiger charge is 2.41. The van der Waals surface area contributed by atoms with E-state index in [9.17, 15) is 176 Å². The van der Waals surface area contributed by atoms with Crippen molar-refractivity contribution in [2.24, 2.45) is 5.73 Å². The molecule has 4 rings (SSSR count). The van der Waals surface area contributed by atoms with Crippen LogP contribution in [0, 0.1) is 0 Å². The Bertz CT molecular complexity index is 5080. The second kappa shape index (κ2) is 61.2. The van der Waals surface area contributed by atoms with Crippen LogP contribution in [0.3, 0.4) is 0 Å². The van der Waals surface area contributed by atoms with Crippen LogP contribution in [0.2, 0.25) is 0 Å². The van der Waals surface area contributed by atoms with Crippen molar-refractivity contribution in [1.29, 1.82) is 0 Å². The van der Waals surface area contributed by atoms with Gasteiger partial charge >= 0.3 is 65.7 Å². The summed E-state index contributed by atoms with van der Waals surface area (Å²) in [5, 5.41) is 139. The maximum absolute atomic E-state index is 14.9. The fourth-order valence-electron chi connectivity index (χ4n) is 13.5. The first-order valence-electron chi connectivity index (χ1n) is 43.8. The van der Waals surface area contributed by atoms with Crippen LogP contribution in [-0.2, 0) is 146 Å². The molecular formula is C89H113N15O36S. The van der Waals surface area contributed by atoms with Crippen LogP contribution in [0.4, 0.5) is 0 Å². The van der Waals surface area contributed by atoms with Gasteiger partial charge in [-0.05, 0) is 86.5 Å². The van der Waals surface area contributed by atoms with Gasteiger partial charge < -0.3 is 136 Å². The number of nitrogens with one attached hydrogen (secondary N) is 14. The van der Waals surface area contributed by atoms with Crippen molar-refractivity contribution in [1.82, 2.24) is 74.4 Å². The van der Waals surface area contributed by atoms with Gasteiger partial charge in [0.2, 0.25) is 82.7 Å². The maximum atomic E-state index is 14.9. The van der Waals surface area contributed by atoms with Crippen LogP contribution >= 0.6 is 12.6 Å². The molecular weight excluding hydrogens is 1890 g/mol. The highest BCUT2D eigenvalue weighted by Crippen LogP contribution is 2.18. The number of hydrogen-bond acceptors (Lipinski definition) is 27. The molecule has 4 aromatic rings. The van der Waals surface area contributed by atoms with E-state index in [4.69, 9.17) is 5.73 Å². The summed E-state index contributed by atoms with van der Waals surface area (Å²) >= 11 is 3.91. The van der Waals surface area contributed by atoms with Crippen molar-refractivity contribution in [2.75, 3.05) is 5.75 Å². The van der Waals surface area contributed by atoms with Gasteiger partial charge in [-0.2, -0.15) is 12.6 Å². The summed E-state index contributed by atoms with van der Waals surface area (Å²) in [6.45, 7) is 0. The summed E-state index contributed by atoms with van der Waals surface area (Å²) in [6, 6.07) is 0.818. The van der Waals surface area contributed by atoms with E-state index in [1.807, 2.05) is 0 Å². The number of thiol groups is 1. The van der Waals surface area contributed by atoms with Crippen LogP contribution in [0.15, 0.2) is 121 Å². The molecule has 766 valence electrons. The summed E-state index contributed by atoms with van der Waals surface area (Å²) < 4.78 is 0. The Kier molecular flexibility index (Phi) is 50.9. The highest BCUT2D eigenvalue weighted by atomic mass is 32.1. The molecule has 0 aliphatic rings. The minimum absolute atomic E-state index is 0.198. The smallest absolute Gasteiger partial charge is 0.326 e. The third-order valence-electron chi connectivity index (χ3n) is 21.0. The summed E-state index contributed by atoms with van der Waals surface area (Å²) in [6.07, 6.45) is -19.6. The van der Waals surface area contributed by atoms with Gasteiger partial charge in [-0.15, -0.1) is 0 Å². The molecule has 0 unspecified atom stereocenters. The molecule has 0 saturated heterocycles. The minimum Gasteiger partial charge on any atom is -0.481 e. The van der Waals surface area contributed by atoms with Crippen molar-refractivity contribution >= 4 is 161 Å². The molecule has 0 aromatic heterocycles. The lowest BCUT2D eigenvalue weighted by Gasteiger charge is -2.28. The third kappa shape index (κ3) is 46.1. The number of aliphatic carboxylic acids is 11. The lowest BCUT2D eigenvalue weighted by atomic mass is 10.0. The molecule has 0 heterocycles. The summed E-state index contributed by atoms with van der Waals surface area (Å²) in [5.41, 5.74) is 6.89. The molecule has 0 fully saturated rings. The molecule has 0 radical (unpaired) electrons. The maximum Gasteiger partial charge on any atom is 0.326 e. The van der Waals surface area contributed by atoms with Gasteiger partial charge in [-0.1, -0.05) is 121 Å². The Balaban J connectivity index is 1.73. The molecule has 51 nitrogen and oxygen atoms in total. The molecule has 15 atom stereocenters. The SMILES string of the molecule is N[C@@H](CS)C(=O)N[C@@H](CCC(=O)O)C(=O)N[C@@H](CCC(=O)O)C(=O)N[C@@H](CCC(=O)O)C(=O)N[C@@H](CCC(=O)O)C(=O)N[C@@H](Cc1ccccc1)C(=O)N[C@@H](CCC(=O)O)C(=O)N[C@@H](CCC(=O)O)C(=O)N[C@@H](CCC(=O)O)C(=O)N[C@@H](Cc1ccccc1)C(=O)N[C@@H](CCC(=O)O)C(=O)N[C@@H](CCC(=O)O)C(=O)N[C@@H](Cc1ccccc1)C(=O)N[C@@H](CCC(=O)O)C(=O)N[C@@H](Cc1ccccc1)C(=O)O. The number of carboxylic acids is 11. The lowest BCUT2D eigenvalue weighted by Crippen LogP contribution is -2.61. The van der Waals surface area contributed by atoms with E-state index in [0.29, 0.717) is 11.1 Å². The van der Waals surface area contributed by atoms with Gasteiger partial charge in [0, 0.05) is 95.6 Å². The van der Waals surface area contributed by atoms with Gasteiger partial charge in [0.05, 0.1) is 6.04 Å². The molecule has 0 aliphatic heterocycles. The summed E-state index contributed by atoms with van der Waals surface area (Å²) in [5.74, 6) is -36.7. The lowest BCUT2D eigenvalue weighted by molar-refractivity contribution is -0.143. The van der Waals surface area contributed by atoms with Gasteiger partial charge in [0.1, 0.15) is 84.6 Å². The van der Waals surface area contributed by atoms with Crippen LogP contribution in [-0.4, -0.2) is 301 Å². The number of nitrogens with two attached hydrogens (primary N) is 1. The zero-order valence-electron chi connectivity index (χ0n) is 75.5. The van der Waals surface area contributed by atoms with E-state index < -0.39 is 387 Å². The fraction of sp³-hybridized carbons (Fsp3) is 0.449. The molecule has 14 amide bonds. The molecule has 27 N–H and O–H groups in total. The molecule has 0 spiro atoms. The van der Waals surface area contributed by atoms with E-state index >= 15 is 0 Å². The first kappa shape index (κ1) is 117. The van der Waals surface area contributed by atoms with Crippen molar-refractivity contribution in [3.8, 4) is 0 Å². The molecule has 0 saturated carbocycles. The topological polar surface area (TPSA) is 844 Å². The number of carboxylic acid groups (broad SMARTS) is 11. The monoisotopic (exact) mass is 2000 g/mol. The van der Waals surface area contributed by atoms with Crippen LogP contribution in [0.5, 0.6) is 0 Å². The Morgan fingerprint density at radius 2 is 0.312 bits per heavy atom. The van der Waals surface area contributed by atoms with Gasteiger partial charge in [0.15, 0.2) is 0 Å². The Hall–Kier alpha value is -16.1. The van der Waals surface area contributed by atoms with Gasteiger partial charge in [0.25, 0.3) is 0 Å². The number of hydrogen-bond donors (Lipinski definition) is 27. The number of carbonyl (C=O) groups excluding carboxylic acids is 14. The van der Waals surface area contributed by atoms with E-state index in [1.54, 1.807) is 36.4 Å². The molecule has 52 heteroatoms. The molecule has 0 aliphatic carbocycles. The number of benzene rings is 4. The van der Waals surface area contributed by atoms with Crippen molar-refractivity contribution in [3.05, 3.63) is 144 Å². The van der Waals surface area contributed by atoms with Crippen molar-refractivity contribution in [2.45, 2.75) is 245 Å². The minimum atomic E-state index is -2.20. The zero-order chi connectivity index (χ0) is 105. The summed E-state index contributed by atoms with van der Waals surface area (Å²) in [7, 11) is 0. The second-order valence-electron chi connectivity index (χ2n) is 32.1. The van der Waals surface area contributed by atoms with E-state index in [0.717, 1.165) is 0 Å². The van der Waals surface area contributed by atoms with E-state index in [1.165, 1.54) is 84.9 Å². The molecule has 4 aromatic carbocycles. The third-order valence-corrected chi connectivity index (χ3v) is 21.4. The second-order valence-corrected chi connectivity index (χ2v) is 32.4. The standard InChI is InChI=1S/C89H113N15O36S/c90-50(45-141)75(125)91-51(21-31-65(105)106)76(126)92-52(22-32-66(107)108)77(127)93-53(23-33-67(109)110)78(128)95-57(27-37-71(117)118)82(132)101-61(41-46-13-5-1-6-14-46)86(136)98-55(25-35-69(113)114)80(130)94-54(24-34-68(111)112)79(129)96-58(28-38-72(119)120)83(133)102-62(42-47-15-7-2-8-16-47)87(137)99-56(26-36-70(115)116)81(131)97-59(29-39-73(121)122)84(134)103-63(43-48-17-9-3-10-18-48)88(138)100-60(30-40-74(123)124)85(135)104-64(89(139)140)44-49-19-11-4-12-20-49/h1-20,50-64,141H,21-45,90H2,(H,91,125)(H,92,126)(H,93,127)(H,94,130)(H,95,128)(H,96,129)(H,97,131)(H,98,136)(H,99,137)(H,100,138)(H,101,132)(H,102,133)(H,103,134)(H,104,135)(H,105,106)(H,107,108)(H,109,110)(H,111,112)(H,113,114)(H,115,116)(H,117,118)(H,119,120)(H,121,122)(H,123,124)(H,139,140)/t50-,51-,52-,53-,54-,55-,56-,57-,58-,59-,60-,61-,62-,63-,64-/m0/s1. The van der Waals surface area contributed by atoms with Crippen molar-refractivity contribution < 1.29 is 176 Å². The van der Waals surface area contributed by atoms with Gasteiger partial charge in [-0.3, -0.25) is 115 Å². The quantitative estimate of drug-likeness (QED) is 0.0186. The van der Waals surface area contributed by atoms with Gasteiger partial charge in [-0.25, -0.2) is 4.79 Å². The average molecular weight is 2000 g/mol. The van der Waals surface area contributed by atoms with Crippen LogP contribution in [0.1, 0.15) is 151 Å². The Labute approximate surface area is 807 Å². The Morgan fingerprint density at radius 3 is 0.447 bits per heavy atom. The average Bonchev–Trinajstić information content (AvgIpc) is 0.847. The number of carbonyl (C=O) groups is 25. The molecule has 0 bridgehead atoms. The van der Waals surface area contributed by atoms with Crippen molar-refractivity contribution in [3.63, 3.8) is 0 Å². The highest BCUT2D eigenvalue weighted by molar-refractivity contribution is 7.80. The number of amides is 14. The predicted molar refractivity (Wildman–Crippen MR) is 486 cm³/mol. The normalized spacial score (nSPS) is 14.1. The first-order valence-corrected chi connectivity index (χ1v) is 44.4. The van der Waals surface area contributed by atoms with E-state index in [-0.39, 0.29) is 23.3 Å². The predicted octanol–water partition coefficient (Wildman–Crippen LogP) is -4.27. The van der Waals surface area contributed by atoms with E-state index in [2.05, 4.69) is 87.1 Å². The first-order chi connectivity index (χ1) is 66.6. The Morgan fingerprint density at radius 1 is 0.191 bits per heavy atom. The number of rotatable bonds is 68. The van der Waals surface area contributed by atoms with Crippen LogP contribution in [0.25, 0.3) is 0 Å². The van der Waals surface area contributed by atoms with Crippen LogP contribution < -0.4 is 80.2 Å².